The highest BCUT2D eigenvalue weighted by molar-refractivity contribution is 5.12. The Kier molecular flexibility index (Phi) is 14.5. The summed E-state index contributed by atoms with van der Waals surface area (Å²) >= 11 is 0. The van der Waals surface area contributed by atoms with Gasteiger partial charge in [0.25, 0.3) is 0 Å². The molecule has 0 aliphatic rings. The molecule has 0 radical (unpaired) electrons. The highest BCUT2D eigenvalue weighted by atomic mass is 16.3. The fraction of sp³-hybridized carbons (Fsp3) is 0.647. The summed E-state index contributed by atoms with van der Waals surface area (Å²) in [7, 11) is 0. The zero-order valence-electron chi connectivity index (χ0n) is 12.4. The molecule has 2 nitrogen and oxygen atoms in total. The van der Waals surface area contributed by atoms with Gasteiger partial charge >= 0.3 is 0 Å². The minimum atomic E-state index is 0.140. The lowest BCUT2D eigenvalue weighted by atomic mass is 10.1. The Hall–Kier alpha value is -0.860. The molecule has 2 heteroatoms. The summed E-state index contributed by atoms with van der Waals surface area (Å²) in [5.41, 5.74) is 0.965. The molecule has 0 fully saturated rings. The Balaban J connectivity index is 0.000000356. The lowest BCUT2D eigenvalue weighted by molar-refractivity contribution is 0.281. The Bertz CT molecular complexity index is 251. The molecule has 0 amide bonds. The fourth-order valence-corrected chi connectivity index (χ4v) is 1.83. The van der Waals surface area contributed by atoms with Crippen molar-refractivity contribution >= 4 is 0 Å². The molecule has 110 valence electrons. The maximum Gasteiger partial charge on any atom is 0.0681 e. The van der Waals surface area contributed by atoms with Crippen LogP contribution in [0.15, 0.2) is 30.3 Å². The van der Waals surface area contributed by atoms with Crippen LogP contribution in [0.3, 0.4) is 0 Å². The Morgan fingerprint density at radius 3 is 1.68 bits per heavy atom. The number of hydrogen-bond donors (Lipinski definition) is 2. The molecule has 0 spiro atoms. The molecule has 0 bridgehead atoms. The smallest absolute Gasteiger partial charge is 0.0681 e. The van der Waals surface area contributed by atoms with Crippen molar-refractivity contribution in [2.45, 2.75) is 64.9 Å². The van der Waals surface area contributed by atoms with Crippen molar-refractivity contribution in [2.75, 3.05) is 6.61 Å². The Labute approximate surface area is 118 Å². The van der Waals surface area contributed by atoms with Gasteiger partial charge in [0.05, 0.1) is 6.61 Å². The third-order valence-electron chi connectivity index (χ3n) is 3.04. The molecule has 0 unspecified atom stereocenters. The molecular formula is C17H30O2. The van der Waals surface area contributed by atoms with Crippen LogP contribution in [-0.2, 0) is 6.61 Å². The van der Waals surface area contributed by atoms with Crippen molar-refractivity contribution in [3.05, 3.63) is 35.9 Å². The summed E-state index contributed by atoms with van der Waals surface area (Å²) in [6, 6.07) is 9.52. The average molecular weight is 266 g/mol. The number of aliphatic hydroxyl groups is 2. The van der Waals surface area contributed by atoms with Crippen molar-refractivity contribution in [3.63, 3.8) is 0 Å². The standard InChI is InChI=1S/C10H22O.C7H8O/c1-2-3-4-5-6-7-8-9-10-11;8-6-7-4-2-1-3-5-7/h11H,2-10H2,1H3;1-5,8H,6H2. The lowest BCUT2D eigenvalue weighted by Crippen LogP contribution is -1.83. The second kappa shape index (κ2) is 15.2. The van der Waals surface area contributed by atoms with Crippen molar-refractivity contribution in [2.24, 2.45) is 0 Å². The number of rotatable bonds is 9. The molecule has 0 saturated heterocycles. The van der Waals surface area contributed by atoms with Crippen LogP contribution in [0.2, 0.25) is 0 Å². The van der Waals surface area contributed by atoms with Crippen LogP contribution in [-0.4, -0.2) is 16.8 Å². The largest absolute Gasteiger partial charge is 0.396 e. The second-order valence-electron chi connectivity index (χ2n) is 4.84. The predicted octanol–water partition coefficient (Wildman–Crippen LogP) is 4.30. The third kappa shape index (κ3) is 13.4. The van der Waals surface area contributed by atoms with Crippen molar-refractivity contribution in [3.8, 4) is 0 Å². The quantitative estimate of drug-likeness (QED) is 0.654. The highest BCUT2D eigenvalue weighted by Crippen LogP contribution is 2.07. The van der Waals surface area contributed by atoms with Gasteiger partial charge in [0, 0.05) is 6.61 Å². The number of aliphatic hydroxyl groups excluding tert-OH is 2. The molecule has 1 aromatic rings. The Morgan fingerprint density at radius 1 is 0.737 bits per heavy atom. The van der Waals surface area contributed by atoms with E-state index >= 15 is 0 Å². The molecule has 0 heterocycles. The van der Waals surface area contributed by atoms with Crippen molar-refractivity contribution in [1.29, 1.82) is 0 Å². The molecule has 1 aromatic carbocycles. The normalized spacial score (nSPS) is 9.84. The summed E-state index contributed by atoms with van der Waals surface area (Å²) in [4.78, 5) is 0. The van der Waals surface area contributed by atoms with E-state index in [1.54, 1.807) is 0 Å². The van der Waals surface area contributed by atoms with E-state index in [1.165, 1.54) is 44.9 Å². The topological polar surface area (TPSA) is 40.5 Å². The molecule has 1 rings (SSSR count). The maximum atomic E-state index is 8.54. The van der Waals surface area contributed by atoms with Gasteiger partial charge in [-0.25, -0.2) is 0 Å². The first-order valence-corrected chi connectivity index (χ1v) is 7.60. The van der Waals surface area contributed by atoms with E-state index in [-0.39, 0.29) is 6.61 Å². The molecule has 0 saturated carbocycles. The first kappa shape index (κ1) is 18.1. The van der Waals surface area contributed by atoms with Crippen LogP contribution in [0.1, 0.15) is 63.9 Å². The molecule has 0 aliphatic carbocycles. The fourth-order valence-electron chi connectivity index (χ4n) is 1.83. The third-order valence-corrected chi connectivity index (χ3v) is 3.04. The summed E-state index contributed by atoms with van der Waals surface area (Å²) in [6.45, 7) is 2.75. The van der Waals surface area contributed by atoms with Gasteiger partial charge in [0.1, 0.15) is 0 Å². The summed E-state index contributed by atoms with van der Waals surface area (Å²) in [5.74, 6) is 0. The molecule has 19 heavy (non-hydrogen) atoms. The van der Waals surface area contributed by atoms with Gasteiger partial charge in [-0.1, -0.05) is 82.2 Å². The minimum Gasteiger partial charge on any atom is -0.396 e. The van der Waals surface area contributed by atoms with Crippen LogP contribution in [0, 0.1) is 0 Å². The van der Waals surface area contributed by atoms with Crippen LogP contribution < -0.4 is 0 Å². The predicted molar refractivity (Wildman–Crippen MR) is 82.1 cm³/mol. The molecule has 0 atom stereocenters. The van der Waals surface area contributed by atoms with Crippen LogP contribution in [0.25, 0.3) is 0 Å². The van der Waals surface area contributed by atoms with Gasteiger partial charge in [-0.15, -0.1) is 0 Å². The lowest BCUT2D eigenvalue weighted by Gasteiger charge is -1.98. The van der Waals surface area contributed by atoms with Gasteiger partial charge in [0.15, 0.2) is 0 Å². The van der Waals surface area contributed by atoms with Gasteiger partial charge in [-0.3, -0.25) is 0 Å². The first-order valence-electron chi connectivity index (χ1n) is 7.60. The minimum absolute atomic E-state index is 0.140. The highest BCUT2D eigenvalue weighted by Gasteiger charge is 1.89. The second-order valence-corrected chi connectivity index (χ2v) is 4.84. The average Bonchev–Trinajstić information content (AvgIpc) is 2.48. The van der Waals surface area contributed by atoms with E-state index in [2.05, 4.69) is 6.92 Å². The van der Waals surface area contributed by atoms with E-state index < -0.39 is 0 Å². The maximum absolute atomic E-state index is 8.54. The Morgan fingerprint density at radius 2 is 1.26 bits per heavy atom. The van der Waals surface area contributed by atoms with Gasteiger partial charge in [-0.05, 0) is 12.0 Å². The summed E-state index contributed by atoms with van der Waals surface area (Å²) < 4.78 is 0. The van der Waals surface area contributed by atoms with Crippen molar-refractivity contribution < 1.29 is 10.2 Å². The zero-order chi connectivity index (χ0) is 14.2. The van der Waals surface area contributed by atoms with E-state index in [9.17, 15) is 0 Å². The number of unbranched alkanes of at least 4 members (excludes halogenated alkanes) is 7. The summed E-state index contributed by atoms with van der Waals surface area (Å²) in [5, 5.41) is 17.0. The summed E-state index contributed by atoms with van der Waals surface area (Å²) in [6.07, 6.45) is 10.4. The molecule has 2 N–H and O–H groups in total. The van der Waals surface area contributed by atoms with E-state index in [1.807, 2.05) is 30.3 Å². The van der Waals surface area contributed by atoms with E-state index in [0.717, 1.165) is 12.0 Å². The monoisotopic (exact) mass is 266 g/mol. The van der Waals surface area contributed by atoms with E-state index in [0.29, 0.717) is 6.61 Å². The molecular weight excluding hydrogens is 236 g/mol. The first-order chi connectivity index (χ1) is 9.35. The molecule has 0 aliphatic heterocycles. The van der Waals surface area contributed by atoms with Gasteiger partial charge in [-0.2, -0.15) is 0 Å². The van der Waals surface area contributed by atoms with Gasteiger partial charge < -0.3 is 10.2 Å². The van der Waals surface area contributed by atoms with Crippen molar-refractivity contribution in [1.82, 2.24) is 0 Å². The number of hydrogen-bond acceptors (Lipinski definition) is 2. The van der Waals surface area contributed by atoms with Crippen LogP contribution in [0.4, 0.5) is 0 Å². The van der Waals surface area contributed by atoms with Crippen LogP contribution in [0.5, 0.6) is 0 Å². The van der Waals surface area contributed by atoms with Crippen LogP contribution >= 0.6 is 0 Å². The SMILES string of the molecule is CCCCCCCCCCO.OCc1ccccc1. The zero-order valence-corrected chi connectivity index (χ0v) is 12.4. The molecule has 0 aromatic heterocycles. The van der Waals surface area contributed by atoms with Gasteiger partial charge in [0.2, 0.25) is 0 Å². The van der Waals surface area contributed by atoms with E-state index in [4.69, 9.17) is 10.2 Å². The number of benzene rings is 1.